The van der Waals surface area contributed by atoms with Crippen molar-refractivity contribution >= 4 is 44.0 Å². The zero-order valence-corrected chi connectivity index (χ0v) is 20.1. The van der Waals surface area contributed by atoms with Crippen molar-refractivity contribution in [3.8, 4) is 0 Å². The molecular weight excluding hydrogens is 464 g/mol. The molecule has 2 saturated heterocycles. The number of nitrogens with zero attached hydrogens (tertiary/aromatic N) is 3. The zero-order chi connectivity index (χ0) is 24.3. The first-order valence-corrected chi connectivity index (χ1v) is 13.4. The molecule has 3 heterocycles. The van der Waals surface area contributed by atoms with E-state index in [1.807, 2.05) is 24.3 Å². The van der Waals surface area contributed by atoms with E-state index in [1.54, 1.807) is 12.1 Å². The van der Waals surface area contributed by atoms with Crippen molar-refractivity contribution in [3.05, 3.63) is 65.2 Å². The van der Waals surface area contributed by atoms with E-state index in [0.29, 0.717) is 16.7 Å². The van der Waals surface area contributed by atoms with Gasteiger partial charge in [0.05, 0.1) is 11.4 Å². The van der Waals surface area contributed by atoms with Crippen molar-refractivity contribution in [2.45, 2.75) is 30.7 Å². The fraction of sp³-hybridized carbons (Fsp3) is 0.308. The number of primary sulfonamides is 1. The molecule has 8 nitrogen and oxygen atoms in total. The van der Waals surface area contributed by atoms with Gasteiger partial charge in [0.2, 0.25) is 10.0 Å². The second-order valence-corrected chi connectivity index (χ2v) is 11.0. The third-order valence-electron chi connectivity index (χ3n) is 7.30. The van der Waals surface area contributed by atoms with E-state index in [1.165, 1.54) is 17.0 Å². The number of hydrogen-bond donors (Lipinski definition) is 1. The lowest BCUT2D eigenvalue weighted by Gasteiger charge is -2.37. The number of imide groups is 1. The van der Waals surface area contributed by atoms with Gasteiger partial charge in [-0.15, -0.1) is 0 Å². The number of rotatable bonds is 5. The Morgan fingerprint density at radius 2 is 1.20 bits per heavy atom. The van der Waals surface area contributed by atoms with Crippen molar-refractivity contribution in [1.29, 1.82) is 0 Å². The molecule has 0 radical (unpaired) electrons. The Kier molecular flexibility index (Phi) is 5.08. The Bertz CT molecular complexity index is 1450. The van der Waals surface area contributed by atoms with Crippen LogP contribution in [0.5, 0.6) is 0 Å². The number of amides is 2. The summed E-state index contributed by atoms with van der Waals surface area (Å²) in [7, 11) is -3.82. The second-order valence-electron chi connectivity index (χ2n) is 9.43. The monoisotopic (exact) mass is 490 g/mol. The molecule has 0 spiro atoms. The highest BCUT2D eigenvalue weighted by Gasteiger charge is 2.36. The Labute approximate surface area is 204 Å². The standard InChI is InChI=1S/C26H26N4O4S/c27-35(33,34)18-6-4-17(5-7-18)16-30-25(31)19-8-10-21(28-12-1-2-13-28)24-22(29-14-3-15-29)11-9-20(23(19)24)26(30)32/h4-11H,1-3,12-16H2,(H2,27,33,34). The van der Waals surface area contributed by atoms with Gasteiger partial charge in [-0.2, -0.15) is 0 Å². The lowest BCUT2D eigenvalue weighted by molar-refractivity contribution is 0.0598. The molecule has 0 bridgehead atoms. The van der Waals surface area contributed by atoms with E-state index in [4.69, 9.17) is 5.14 Å². The minimum Gasteiger partial charge on any atom is -0.371 e. The number of benzene rings is 3. The van der Waals surface area contributed by atoms with E-state index in [2.05, 4.69) is 9.80 Å². The highest BCUT2D eigenvalue weighted by atomic mass is 32.2. The number of carbonyl (C=O) groups excluding carboxylic acids is 2. The highest BCUT2D eigenvalue weighted by molar-refractivity contribution is 7.89. The molecule has 0 saturated carbocycles. The average Bonchev–Trinajstić information content (AvgIpc) is 3.34. The van der Waals surface area contributed by atoms with Gasteiger partial charge >= 0.3 is 0 Å². The van der Waals surface area contributed by atoms with Crippen LogP contribution in [0.1, 0.15) is 45.5 Å². The third-order valence-corrected chi connectivity index (χ3v) is 8.23. The maximum absolute atomic E-state index is 13.6. The molecule has 2 N–H and O–H groups in total. The van der Waals surface area contributed by atoms with Crippen molar-refractivity contribution in [2.24, 2.45) is 5.14 Å². The molecule has 3 aromatic rings. The minimum absolute atomic E-state index is 0.0133. The van der Waals surface area contributed by atoms with Gasteiger partial charge in [0.25, 0.3) is 11.8 Å². The lowest BCUT2D eigenvalue weighted by atomic mass is 9.90. The molecule has 9 heteroatoms. The van der Waals surface area contributed by atoms with Gasteiger partial charge in [-0.1, -0.05) is 12.1 Å². The third kappa shape index (κ3) is 3.57. The first-order chi connectivity index (χ1) is 16.8. The molecule has 0 atom stereocenters. The molecule has 2 fully saturated rings. The molecule has 0 unspecified atom stereocenters. The zero-order valence-electron chi connectivity index (χ0n) is 19.2. The average molecular weight is 491 g/mol. The molecule has 3 aromatic carbocycles. The summed E-state index contributed by atoms with van der Waals surface area (Å²) in [4.78, 5) is 33.1. The smallest absolute Gasteiger partial charge is 0.261 e. The van der Waals surface area contributed by atoms with Crippen LogP contribution < -0.4 is 14.9 Å². The van der Waals surface area contributed by atoms with E-state index >= 15 is 0 Å². The summed E-state index contributed by atoms with van der Waals surface area (Å²) in [5.74, 6) is -0.673. The molecule has 3 aliphatic heterocycles. The van der Waals surface area contributed by atoms with Crippen molar-refractivity contribution in [3.63, 3.8) is 0 Å². The van der Waals surface area contributed by atoms with Gasteiger partial charge in [-0.3, -0.25) is 14.5 Å². The van der Waals surface area contributed by atoms with Crippen LogP contribution in [-0.2, 0) is 16.6 Å². The summed E-state index contributed by atoms with van der Waals surface area (Å²) in [5, 5.41) is 6.93. The van der Waals surface area contributed by atoms with Gasteiger partial charge in [0, 0.05) is 59.5 Å². The number of sulfonamides is 1. The fourth-order valence-corrected chi connectivity index (χ4v) is 5.87. The van der Waals surface area contributed by atoms with E-state index in [9.17, 15) is 18.0 Å². The first-order valence-electron chi connectivity index (χ1n) is 11.9. The minimum atomic E-state index is -3.82. The summed E-state index contributed by atoms with van der Waals surface area (Å²) in [5.41, 5.74) is 3.89. The topological polar surface area (TPSA) is 104 Å². The number of hydrogen-bond acceptors (Lipinski definition) is 6. The second kappa shape index (κ2) is 8.07. The molecule has 6 rings (SSSR count). The van der Waals surface area contributed by atoms with Crippen molar-refractivity contribution in [2.75, 3.05) is 36.0 Å². The van der Waals surface area contributed by atoms with Gasteiger partial charge < -0.3 is 9.80 Å². The molecule has 35 heavy (non-hydrogen) atoms. The summed E-state index contributed by atoms with van der Waals surface area (Å²) < 4.78 is 23.1. The highest BCUT2D eigenvalue weighted by Crippen LogP contribution is 2.43. The Balaban J connectivity index is 1.44. The fourth-order valence-electron chi connectivity index (χ4n) is 5.35. The molecule has 3 aliphatic rings. The van der Waals surface area contributed by atoms with Gasteiger partial charge in [0.15, 0.2) is 0 Å². The lowest BCUT2D eigenvalue weighted by Crippen LogP contribution is -2.41. The summed E-state index contributed by atoms with van der Waals surface area (Å²) >= 11 is 0. The maximum Gasteiger partial charge on any atom is 0.261 e. The Morgan fingerprint density at radius 1 is 0.686 bits per heavy atom. The summed E-state index contributed by atoms with van der Waals surface area (Å²) in [6.07, 6.45) is 3.41. The summed E-state index contributed by atoms with van der Waals surface area (Å²) in [6, 6.07) is 13.7. The summed E-state index contributed by atoms with van der Waals surface area (Å²) in [6.45, 7) is 3.94. The maximum atomic E-state index is 13.6. The number of carbonyl (C=O) groups is 2. The first kappa shape index (κ1) is 22.1. The molecule has 0 aliphatic carbocycles. The molecule has 0 aromatic heterocycles. The largest absolute Gasteiger partial charge is 0.371 e. The predicted molar refractivity (Wildman–Crippen MR) is 134 cm³/mol. The van der Waals surface area contributed by atoms with E-state index < -0.39 is 10.0 Å². The Morgan fingerprint density at radius 3 is 1.66 bits per heavy atom. The van der Waals surface area contributed by atoms with Gasteiger partial charge in [-0.25, -0.2) is 13.6 Å². The predicted octanol–water partition coefficient (Wildman–Crippen LogP) is 3.09. The molecular formula is C26H26N4O4S. The van der Waals surface area contributed by atoms with Crippen LogP contribution in [0.15, 0.2) is 53.4 Å². The van der Waals surface area contributed by atoms with Crippen LogP contribution in [0.3, 0.4) is 0 Å². The van der Waals surface area contributed by atoms with Gasteiger partial charge in [-0.05, 0) is 61.2 Å². The van der Waals surface area contributed by atoms with Gasteiger partial charge in [0.1, 0.15) is 0 Å². The number of nitrogens with two attached hydrogens (primary N) is 1. The SMILES string of the molecule is NS(=O)(=O)c1ccc(CN2C(=O)c3ccc(N4CCCC4)c4c(N5CCC5)ccc(c34)C2=O)cc1. The normalized spacial score (nSPS) is 17.9. The van der Waals surface area contributed by atoms with Crippen LogP contribution >= 0.6 is 0 Å². The van der Waals surface area contributed by atoms with Crippen molar-refractivity contribution < 1.29 is 18.0 Å². The quantitative estimate of drug-likeness (QED) is 0.551. The van der Waals surface area contributed by atoms with Crippen LogP contribution in [0.25, 0.3) is 10.8 Å². The van der Waals surface area contributed by atoms with E-state index in [-0.39, 0.29) is 23.3 Å². The van der Waals surface area contributed by atoms with Crippen LogP contribution in [0, 0.1) is 0 Å². The molecule has 180 valence electrons. The van der Waals surface area contributed by atoms with Crippen LogP contribution in [0.2, 0.25) is 0 Å². The molecule has 2 amide bonds. The van der Waals surface area contributed by atoms with Crippen molar-refractivity contribution in [1.82, 2.24) is 4.90 Å². The van der Waals surface area contributed by atoms with Crippen LogP contribution in [0.4, 0.5) is 11.4 Å². The van der Waals surface area contributed by atoms with E-state index in [0.717, 1.165) is 67.6 Å². The van der Waals surface area contributed by atoms with Crippen LogP contribution in [-0.4, -0.2) is 51.3 Å². The Hall–Kier alpha value is -3.43. The number of anilines is 2.